The first-order chi connectivity index (χ1) is 6.70. The van der Waals surface area contributed by atoms with Gasteiger partial charge in [0.1, 0.15) is 12.3 Å². The van der Waals surface area contributed by atoms with Gasteiger partial charge in [-0.25, -0.2) is 4.79 Å². The minimum atomic E-state index is -0.424. The van der Waals surface area contributed by atoms with Gasteiger partial charge >= 0.3 is 6.03 Å². The van der Waals surface area contributed by atoms with Gasteiger partial charge in [0.2, 0.25) is 11.8 Å². The third kappa shape index (κ3) is 1.37. The number of hydrogen-bond acceptors (Lipinski definition) is 3. The third-order valence-corrected chi connectivity index (χ3v) is 2.06. The van der Waals surface area contributed by atoms with Crippen molar-refractivity contribution in [2.45, 2.75) is 13.3 Å². The van der Waals surface area contributed by atoms with Crippen molar-refractivity contribution in [3.63, 3.8) is 0 Å². The molecule has 14 heavy (non-hydrogen) atoms. The maximum Gasteiger partial charge on any atom is 0.331 e. The average Bonchev–Trinajstić information content (AvgIpc) is 2.71. The number of furan rings is 1. The lowest BCUT2D eigenvalue weighted by molar-refractivity contribution is -0.117. The van der Waals surface area contributed by atoms with E-state index in [9.17, 15) is 9.59 Å². The highest BCUT2D eigenvalue weighted by Gasteiger charge is 2.29. The van der Waals surface area contributed by atoms with Gasteiger partial charge in [-0.3, -0.25) is 15.0 Å². The second-order valence-electron chi connectivity index (χ2n) is 3.03. The van der Waals surface area contributed by atoms with E-state index in [2.05, 4.69) is 5.32 Å². The Morgan fingerprint density at radius 2 is 2.29 bits per heavy atom. The van der Waals surface area contributed by atoms with Crippen LogP contribution in [-0.4, -0.2) is 18.5 Å². The zero-order valence-electron chi connectivity index (χ0n) is 7.74. The smallest absolute Gasteiger partial charge is 0.331 e. The van der Waals surface area contributed by atoms with Gasteiger partial charge in [0.15, 0.2) is 0 Å². The van der Waals surface area contributed by atoms with E-state index < -0.39 is 6.03 Å². The van der Waals surface area contributed by atoms with Crippen molar-refractivity contribution in [2.24, 2.45) is 0 Å². The molecule has 5 nitrogen and oxygen atoms in total. The van der Waals surface area contributed by atoms with Crippen LogP contribution in [0.25, 0.3) is 0 Å². The number of rotatable bonds is 2. The summed E-state index contributed by atoms with van der Waals surface area (Å²) in [6.45, 7) is 1.99. The van der Waals surface area contributed by atoms with Crippen molar-refractivity contribution >= 4 is 17.8 Å². The molecule has 5 heteroatoms. The molecule has 74 valence electrons. The Hall–Kier alpha value is -1.78. The fourth-order valence-corrected chi connectivity index (χ4v) is 1.32. The van der Waals surface area contributed by atoms with E-state index in [1.165, 1.54) is 4.90 Å². The van der Waals surface area contributed by atoms with E-state index in [0.29, 0.717) is 5.88 Å². The predicted octanol–water partition coefficient (Wildman–Crippen LogP) is 0.898. The molecule has 1 saturated heterocycles. The highest BCUT2D eigenvalue weighted by atomic mass is 16.4. The number of urea groups is 1. The fourth-order valence-electron chi connectivity index (χ4n) is 1.32. The third-order valence-electron chi connectivity index (χ3n) is 2.06. The predicted molar refractivity (Wildman–Crippen MR) is 49.0 cm³/mol. The summed E-state index contributed by atoms with van der Waals surface area (Å²) in [4.78, 5) is 23.4. The van der Waals surface area contributed by atoms with Crippen molar-refractivity contribution in [1.82, 2.24) is 5.32 Å². The molecule has 0 aliphatic carbocycles. The number of imide groups is 1. The van der Waals surface area contributed by atoms with Crippen molar-refractivity contribution < 1.29 is 14.0 Å². The van der Waals surface area contributed by atoms with Crippen LogP contribution >= 0.6 is 0 Å². The highest BCUT2D eigenvalue weighted by molar-refractivity contribution is 6.11. The van der Waals surface area contributed by atoms with E-state index in [-0.39, 0.29) is 12.5 Å². The summed E-state index contributed by atoms with van der Waals surface area (Å²) in [5.41, 5.74) is 0. The Labute approximate surface area is 80.7 Å². The molecule has 2 rings (SSSR count). The maximum absolute atomic E-state index is 11.2. The summed E-state index contributed by atoms with van der Waals surface area (Å²) in [6, 6.07) is 3.06. The minimum Gasteiger partial charge on any atom is -0.445 e. The van der Waals surface area contributed by atoms with Gasteiger partial charge in [-0.15, -0.1) is 0 Å². The molecule has 0 aromatic carbocycles. The van der Waals surface area contributed by atoms with Gasteiger partial charge in [-0.05, 0) is 6.07 Å². The number of carbonyl (C=O) groups is 2. The Bertz CT molecular complexity index is 383. The standard InChI is InChI=1S/C9H10N2O3/c1-2-6-3-4-8(14-6)11-5-7(12)10-9(11)13/h3-4H,2,5H2,1H3,(H,10,12,13). The van der Waals surface area contributed by atoms with Gasteiger partial charge < -0.3 is 4.42 Å². The number of carbonyl (C=O) groups excluding carboxylic acids is 2. The lowest BCUT2D eigenvalue weighted by atomic mass is 10.4. The Kier molecular flexibility index (Phi) is 1.99. The van der Waals surface area contributed by atoms with Crippen LogP contribution in [-0.2, 0) is 11.2 Å². The summed E-state index contributed by atoms with van der Waals surface area (Å²) in [7, 11) is 0. The molecule has 0 radical (unpaired) electrons. The van der Waals surface area contributed by atoms with Crippen molar-refractivity contribution in [3.05, 3.63) is 17.9 Å². The van der Waals surface area contributed by atoms with Gasteiger partial charge in [0.25, 0.3) is 0 Å². The molecule has 1 aromatic heterocycles. The average molecular weight is 194 g/mol. The van der Waals surface area contributed by atoms with Gasteiger partial charge in [0.05, 0.1) is 0 Å². The van der Waals surface area contributed by atoms with Crippen LogP contribution in [0.4, 0.5) is 10.7 Å². The molecule has 1 N–H and O–H groups in total. The van der Waals surface area contributed by atoms with Crippen molar-refractivity contribution in [3.8, 4) is 0 Å². The highest BCUT2D eigenvalue weighted by Crippen LogP contribution is 2.20. The topological polar surface area (TPSA) is 62.6 Å². The zero-order valence-corrected chi connectivity index (χ0v) is 7.74. The molecule has 2 heterocycles. The van der Waals surface area contributed by atoms with E-state index in [1.807, 2.05) is 6.92 Å². The number of anilines is 1. The molecule has 0 bridgehead atoms. The number of hydrogen-bond donors (Lipinski definition) is 1. The number of nitrogens with one attached hydrogen (secondary N) is 1. The summed E-state index contributed by atoms with van der Waals surface area (Å²) in [6.07, 6.45) is 0.767. The van der Waals surface area contributed by atoms with Gasteiger partial charge in [-0.2, -0.15) is 0 Å². The molecule has 0 unspecified atom stereocenters. The van der Waals surface area contributed by atoms with Crippen LogP contribution in [0.2, 0.25) is 0 Å². The van der Waals surface area contributed by atoms with Gasteiger partial charge in [-0.1, -0.05) is 6.92 Å². The summed E-state index contributed by atoms with van der Waals surface area (Å²) in [5.74, 6) is 0.918. The molecular weight excluding hydrogens is 184 g/mol. The SMILES string of the molecule is CCc1ccc(N2CC(=O)NC2=O)o1. The first-order valence-corrected chi connectivity index (χ1v) is 4.40. The second kappa shape index (κ2) is 3.17. The molecular formula is C9H10N2O3. The van der Waals surface area contributed by atoms with Crippen LogP contribution in [0.1, 0.15) is 12.7 Å². The van der Waals surface area contributed by atoms with E-state index in [4.69, 9.17) is 4.42 Å². The molecule has 1 aromatic rings. The molecule has 0 saturated carbocycles. The second-order valence-corrected chi connectivity index (χ2v) is 3.03. The summed E-state index contributed by atoms with van der Waals surface area (Å²) >= 11 is 0. The quantitative estimate of drug-likeness (QED) is 0.711. The van der Waals surface area contributed by atoms with E-state index in [0.717, 1.165) is 12.2 Å². The Morgan fingerprint density at radius 3 is 2.79 bits per heavy atom. The normalized spacial score (nSPS) is 16.2. The number of aryl methyl sites for hydroxylation is 1. The lowest BCUT2D eigenvalue weighted by Crippen LogP contribution is -2.27. The van der Waals surface area contributed by atoms with Crippen LogP contribution in [0.5, 0.6) is 0 Å². The summed E-state index contributed by atoms with van der Waals surface area (Å²) in [5, 5.41) is 2.18. The molecule has 1 aliphatic heterocycles. The molecule has 1 fully saturated rings. The first-order valence-electron chi connectivity index (χ1n) is 4.40. The largest absolute Gasteiger partial charge is 0.445 e. The van der Waals surface area contributed by atoms with E-state index >= 15 is 0 Å². The van der Waals surface area contributed by atoms with Crippen molar-refractivity contribution in [1.29, 1.82) is 0 Å². The van der Waals surface area contributed by atoms with Crippen LogP contribution in [0.15, 0.2) is 16.5 Å². The van der Waals surface area contributed by atoms with Crippen LogP contribution in [0, 0.1) is 0 Å². The Balaban J connectivity index is 2.22. The molecule has 3 amide bonds. The monoisotopic (exact) mass is 194 g/mol. The Morgan fingerprint density at radius 1 is 1.50 bits per heavy atom. The molecule has 1 aliphatic rings. The molecule has 0 spiro atoms. The minimum absolute atomic E-state index is 0.0372. The number of amides is 3. The van der Waals surface area contributed by atoms with E-state index in [1.54, 1.807) is 12.1 Å². The van der Waals surface area contributed by atoms with Gasteiger partial charge in [0, 0.05) is 12.5 Å². The van der Waals surface area contributed by atoms with Crippen molar-refractivity contribution in [2.75, 3.05) is 11.4 Å². The summed E-state index contributed by atoms with van der Waals surface area (Å²) < 4.78 is 5.35. The maximum atomic E-state index is 11.2. The lowest BCUT2D eigenvalue weighted by Gasteiger charge is -2.07. The zero-order chi connectivity index (χ0) is 10.1. The number of nitrogens with zero attached hydrogens (tertiary/aromatic N) is 1. The van der Waals surface area contributed by atoms with Crippen LogP contribution < -0.4 is 10.2 Å². The molecule has 0 atom stereocenters. The first kappa shape index (κ1) is 8.80. The van der Waals surface area contributed by atoms with Crippen LogP contribution in [0.3, 0.4) is 0 Å². The fraction of sp³-hybridized carbons (Fsp3) is 0.333.